The molecule has 0 saturated heterocycles. The van der Waals surface area contributed by atoms with Crippen molar-refractivity contribution in [1.29, 1.82) is 0 Å². The van der Waals surface area contributed by atoms with Gasteiger partial charge in [-0.2, -0.15) is 13.2 Å². The first-order valence-electron chi connectivity index (χ1n) is 7.95. The highest BCUT2D eigenvalue weighted by atomic mass is 32.2. The van der Waals surface area contributed by atoms with Crippen LogP contribution in [0.25, 0.3) is 0 Å². The normalized spacial score (nSPS) is 11.7. The molecule has 0 aliphatic rings. The van der Waals surface area contributed by atoms with Crippen LogP contribution in [0.15, 0.2) is 66.0 Å². The number of aliphatic hydroxyl groups is 1. The Balaban J connectivity index is 1.72. The maximum Gasteiger partial charge on any atom is 0.416 e. The van der Waals surface area contributed by atoms with Gasteiger partial charge in [0.25, 0.3) is 0 Å². The summed E-state index contributed by atoms with van der Waals surface area (Å²) in [7, 11) is 0. The third kappa shape index (κ3) is 4.68. The first-order valence-corrected chi connectivity index (χ1v) is 8.94. The van der Waals surface area contributed by atoms with E-state index in [0.717, 1.165) is 28.4 Å². The average Bonchev–Trinajstić information content (AvgIpc) is 3.02. The number of imidazole rings is 1. The second-order valence-corrected chi connectivity index (χ2v) is 6.71. The lowest BCUT2D eigenvalue weighted by Gasteiger charge is -2.09. The molecule has 0 aliphatic carbocycles. The smallest absolute Gasteiger partial charge is 0.390 e. The number of aromatic nitrogens is 2. The van der Waals surface area contributed by atoms with Gasteiger partial charge >= 0.3 is 6.18 Å². The molecule has 1 N–H and O–H groups in total. The number of hydrogen-bond donors (Lipinski definition) is 1. The number of hydrogen-bond acceptors (Lipinski definition) is 3. The molecule has 26 heavy (non-hydrogen) atoms. The summed E-state index contributed by atoms with van der Waals surface area (Å²) in [5, 5.41) is 10.1. The van der Waals surface area contributed by atoms with Crippen molar-refractivity contribution in [3.05, 3.63) is 83.2 Å². The molecular weight excluding hydrogens is 361 g/mol. The van der Waals surface area contributed by atoms with Crippen molar-refractivity contribution in [2.45, 2.75) is 30.2 Å². The van der Waals surface area contributed by atoms with Gasteiger partial charge in [0, 0.05) is 18.5 Å². The maximum absolute atomic E-state index is 12.6. The molecule has 0 unspecified atom stereocenters. The minimum absolute atomic E-state index is 0.157. The topological polar surface area (TPSA) is 38.0 Å². The molecule has 1 heterocycles. The molecule has 0 aliphatic heterocycles. The van der Waals surface area contributed by atoms with E-state index in [2.05, 4.69) is 4.98 Å². The van der Waals surface area contributed by atoms with Gasteiger partial charge < -0.3 is 9.67 Å². The van der Waals surface area contributed by atoms with E-state index in [1.54, 1.807) is 6.20 Å². The van der Waals surface area contributed by atoms with Crippen LogP contribution in [0.4, 0.5) is 13.2 Å². The van der Waals surface area contributed by atoms with Crippen LogP contribution in [-0.2, 0) is 25.1 Å². The van der Waals surface area contributed by atoms with E-state index in [-0.39, 0.29) is 6.61 Å². The molecule has 0 bridgehead atoms. The second-order valence-electron chi connectivity index (χ2n) is 5.77. The summed E-state index contributed by atoms with van der Waals surface area (Å²) >= 11 is 1.43. The lowest BCUT2D eigenvalue weighted by atomic mass is 10.1. The molecule has 0 saturated carbocycles. The molecule has 0 amide bonds. The number of nitrogens with zero attached hydrogens (tertiary/aromatic N) is 2. The number of alkyl halides is 3. The van der Waals surface area contributed by atoms with Gasteiger partial charge in [-0.05, 0) is 23.3 Å². The maximum atomic E-state index is 12.6. The van der Waals surface area contributed by atoms with Gasteiger partial charge in [-0.1, -0.05) is 54.2 Å². The third-order valence-electron chi connectivity index (χ3n) is 3.80. The molecule has 0 spiro atoms. The van der Waals surface area contributed by atoms with E-state index in [9.17, 15) is 18.3 Å². The molecule has 3 nitrogen and oxygen atoms in total. The summed E-state index contributed by atoms with van der Waals surface area (Å²) in [4.78, 5) is 4.39. The quantitative estimate of drug-likeness (QED) is 0.630. The molecule has 2 aromatic carbocycles. The number of halogens is 3. The van der Waals surface area contributed by atoms with Crippen LogP contribution < -0.4 is 0 Å². The Morgan fingerprint density at radius 2 is 1.65 bits per heavy atom. The molecular formula is C19H17F3N2OS. The first-order chi connectivity index (χ1) is 12.5. The highest BCUT2D eigenvalue weighted by Crippen LogP contribution is 2.30. The van der Waals surface area contributed by atoms with Gasteiger partial charge in [0.05, 0.1) is 17.9 Å². The SMILES string of the molecule is OCc1cn(Cc2ccccc2)c(SCc2ccc(C(F)(F)F)cc2)n1. The van der Waals surface area contributed by atoms with E-state index < -0.39 is 11.7 Å². The first kappa shape index (κ1) is 18.5. The summed E-state index contributed by atoms with van der Waals surface area (Å²) in [6.45, 7) is 0.457. The van der Waals surface area contributed by atoms with Crippen LogP contribution in [0.2, 0.25) is 0 Å². The predicted molar refractivity (Wildman–Crippen MR) is 94.7 cm³/mol. The van der Waals surface area contributed by atoms with Crippen LogP contribution in [-0.4, -0.2) is 14.7 Å². The molecule has 0 fully saturated rings. The molecule has 1 aromatic heterocycles. The Hall–Kier alpha value is -2.25. The van der Waals surface area contributed by atoms with Crippen molar-refractivity contribution in [3.8, 4) is 0 Å². The van der Waals surface area contributed by atoms with E-state index in [1.165, 1.54) is 23.9 Å². The molecule has 0 atom stereocenters. The Bertz CT molecular complexity index is 845. The van der Waals surface area contributed by atoms with Gasteiger partial charge in [0.1, 0.15) is 0 Å². The van der Waals surface area contributed by atoms with Crippen molar-refractivity contribution < 1.29 is 18.3 Å². The molecule has 136 valence electrons. The lowest BCUT2D eigenvalue weighted by Crippen LogP contribution is -2.04. The number of benzene rings is 2. The fourth-order valence-corrected chi connectivity index (χ4v) is 3.43. The van der Waals surface area contributed by atoms with Crippen molar-refractivity contribution in [2.75, 3.05) is 0 Å². The second kappa shape index (κ2) is 7.97. The molecule has 3 rings (SSSR count). The summed E-state index contributed by atoms with van der Waals surface area (Å²) in [6.07, 6.45) is -2.53. The van der Waals surface area contributed by atoms with Crippen molar-refractivity contribution >= 4 is 11.8 Å². The van der Waals surface area contributed by atoms with Gasteiger partial charge in [0.2, 0.25) is 0 Å². The standard InChI is InChI=1S/C19H17F3N2OS/c20-19(21,22)16-8-6-15(7-9-16)13-26-18-23-17(12-25)11-24(18)10-14-4-2-1-3-5-14/h1-9,11,25H,10,12-13H2. The Kier molecular flexibility index (Phi) is 5.68. The largest absolute Gasteiger partial charge is 0.416 e. The summed E-state index contributed by atoms with van der Waals surface area (Å²) in [5.41, 5.74) is 1.80. The average molecular weight is 378 g/mol. The number of aliphatic hydroxyl groups excluding tert-OH is 1. The number of rotatable bonds is 6. The number of thioether (sulfide) groups is 1. The Morgan fingerprint density at radius 3 is 2.27 bits per heavy atom. The highest BCUT2D eigenvalue weighted by molar-refractivity contribution is 7.98. The summed E-state index contributed by atoms with van der Waals surface area (Å²) in [6, 6.07) is 15.0. The summed E-state index contributed by atoms with van der Waals surface area (Å²) < 4.78 is 39.8. The van der Waals surface area contributed by atoms with Crippen LogP contribution in [0.1, 0.15) is 22.4 Å². The Morgan fingerprint density at radius 1 is 0.962 bits per heavy atom. The molecule has 3 aromatic rings. The van der Waals surface area contributed by atoms with Gasteiger partial charge in [-0.3, -0.25) is 0 Å². The Labute approximate surface area is 153 Å². The van der Waals surface area contributed by atoms with E-state index in [4.69, 9.17) is 0 Å². The monoisotopic (exact) mass is 378 g/mol. The minimum atomic E-state index is -4.33. The third-order valence-corrected chi connectivity index (χ3v) is 4.86. The van der Waals surface area contributed by atoms with Crippen LogP contribution in [0.3, 0.4) is 0 Å². The van der Waals surface area contributed by atoms with Gasteiger partial charge in [-0.15, -0.1) is 0 Å². The predicted octanol–water partition coefficient (Wildman–Crippen LogP) is 4.73. The minimum Gasteiger partial charge on any atom is -0.390 e. The van der Waals surface area contributed by atoms with Crippen LogP contribution >= 0.6 is 11.8 Å². The van der Waals surface area contributed by atoms with Crippen molar-refractivity contribution in [3.63, 3.8) is 0 Å². The van der Waals surface area contributed by atoms with E-state index in [1.807, 2.05) is 34.9 Å². The molecule has 0 radical (unpaired) electrons. The van der Waals surface area contributed by atoms with E-state index in [0.29, 0.717) is 18.0 Å². The van der Waals surface area contributed by atoms with Crippen LogP contribution in [0.5, 0.6) is 0 Å². The highest BCUT2D eigenvalue weighted by Gasteiger charge is 2.29. The van der Waals surface area contributed by atoms with E-state index >= 15 is 0 Å². The zero-order valence-electron chi connectivity index (χ0n) is 13.8. The fourth-order valence-electron chi connectivity index (χ4n) is 2.47. The van der Waals surface area contributed by atoms with Gasteiger partial charge in [0.15, 0.2) is 5.16 Å². The lowest BCUT2D eigenvalue weighted by molar-refractivity contribution is -0.137. The zero-order valence-corrected chi connectivity index (χ0v) is 14.6. The van der Waals surface area contributed by atoms with Crippen molar-refractivity contribution in [2.24, 2.45) is 0 Å². The van der Waals surface area contributed by atoms with Gasteiger partial charge in [-0.25, -0.2) is 4.98 Å². The fraction of sp³-hybridized carbons (Fsp3) is 0.211. The zero-order chi connectivity index (χ0) is 18.6. The summed E-state index contributed by atoms with van der Waals surface area (Å²) in [5.74, 6) is 0.495. The van der Waals surface area contributed by atoms with Crippen molar-refractivity contribution in [1.82, 2.24) is 9.55 Å². The van der Waals surface area contributed by atoms with Crippen LogP contribution in [0, 0.1) is 0 Å². The molecule has 7 heteroatoms.